The van der Waals surface area contributed by atoms with Crippen molar-refractivity contribution in [3.8, 4) is 21.8 Å². The molecule has 0 amide bonds. The first kappa shape index (κ1) is 22.2. The van der Waals surface area contributed by atoms with Gasteiger partial charge in [-0.2, -0.15) is 0 Å². The lowest BCUT2D eigenvalue weighted by atomic mass is 9.98. The van der Waals surface area contributed by atoms with Gasteiger partial charge in [0, 0.05) is 24.2 Å². The summed E-state index contributed by atoms with van der Waals surface area (Å²) >= 11 is 8.17. The van der Waals surface area contributed by atoms with Gasteiger partial charge in [0.1, 0.15) is 9.71 Å². The molecule has 30 heavy (non-hydrogen) atoms. The summed E-state index contributed by atoms with van der Waals surface area (Å²) in [7, 11) is -1.39. The molecule has 0 radical (unpaired) electrons. The molecule has 7 nitrogen and oxygen atoms in total. The normalized spacial score (nSPS) is 13.5. The van der Waals surface area contributed by atoms with Gasteiger partial charge in [0.25, 0.3) is 0 Å². The van der Waals surface area contributed by atoms with Gasteiger partial charge < -0.3 is 10.0 Å². The van der Waals surface area contributed by atoms with E-state index in [9.17, 15) is 9.00 Å². The Morgan fingerprint density at radius 2 is 1.97 bits per heavy atom. The van der Waals surface area contributed by atoms with E-state index >= 15 is 0 Å². The molecule has 0 saturated heterocycles. The summed E-state index contributed by atoms with van der Waals surface area (Å²) < 4.78 is 14.8. The van der Waals surface area contributed by atoms with E-state index in [0.717, 1.165) is 9.88 Å². The van der Waals surface area contributed by atoms with Crippen molar-refractivity contribution in [1.82, 2.24) is 15.0 Å². The van der Waals surface area contributed by atoms with Gasteiger partial charge in [-0.3, -0.25) is 4.79 Å². The lowest BCUT2D eigenvalue weighted by Gasteiger charge is -2.14. The number of hydrogen-bond acceptors (Lipinski definition) is 7. The third kappa shape index (κ3) is 4.63. The van der Waals surface area contributed by atoms with Crippen LogP contribution in [0.15, 0.2) is 30.5 Å². The van der Waals surface area contributed by atoms with Crippen LogP contribution in [0.4, 0.5) is 11.6 Å². The van der Waals surface area contributed by atoms with Crippen LogP contribution in [0.5, 0.6) is 0 Å². The van der Waals surface area contributed by atoms with Crippen LogP contribution in [0, 0.1) is 0 Å². The fourth-order valence-electron chi connectivity index (χ4n) is 2.61. The van der Waals surface area contributed by atoms with E-state index in [1.807, 2.05) is 12.1 Å². The molecule has 3 rings (SSSR count). The first-order valence-electron chi connectivity index (χ1n) is 8.97. The molecule has 1 atom stereocenters. The molecule has 2 aromatic heterocycles. The molecule has 0 spiro atoms. The average Bonchev–Trinajstić information content (AvgIpc) is 3.15. The van der Waals surface area contributed by atoms with Crippen molar-refractivity contribution in [2.75, 3.05) is 17.1 Å². The summed E-state index contributed by atoms with van der Waals surface area (Å²) in [6.45, 7) is 6.25. The Kier molecular flexibility index (Phi) is 6.16. The third-order valence-electron chi connectivity index (χ3n) is 4.07. The van der Waals surface area contributed by atoms with Crippen molar-refractivity contribution in [3.05, 3.63) is 40.5 Å². The Morgan fingerprint density at radius 3 is 2.60 bits per heavy atom. The minimum Gasteiger partial charge on any atom is -0.357 e. The Hall–Kier alpha value is -2.49. The third-order valence-corrected chi connectivity index (χ3v) is 6.86. The topological polar surface area (TPSA) is 96.9 Å². The van der Waals surface area contributed by atoms with E-state index < -0.39 is 9.71 Å². The molecule has 158 valence electrons. The molecule has 1 unspecified atom stereocenters. The van der Waals surface area contributed by atoms with E-state index in [-0.39, 0.29) is 11.0 Å². The number of carbonyl (C=O) groups excluding carboxylic acids is 1. The quantitative estimate of drug-likeness (QED) is 0.413. The Balaban J connectivity index is 2.23. The molecule has 10 heteroatoms. The second-order valence-electron chi connectivity index (χ2n) is 7.55. The fourth-order valence-corrected chi connectivity index (χ4v) is 4.62. The number of nitrogens with one attached hydrogen (secondary N) is 2. The van der Waals surface area contributed by atoms with Gasteiger partial charge in [0.05, 0.1) is 32.0 Å². The minimum absolute atomic E-state index is 0.182. The first-order valence-corrected chi connectivity index (χ1v) is 12.0. The van der Waals surface area contributed by atoms with Crippen LogP contribution in [0.3, 0.4) is 0 Å². The van der Waals surface area contributed by atoms with Gasteiger partial charge in [0.2, 0.25) is 11.6 Å². The highest BCUT2D eigenvalue weighted by Gasteiger charge is 2.25. The molecule has 1 aromatic carbocycles. The number of benzene rings is 1. The number of thiazole rings is 1. The minimum atomic E-state index is -3.14. The van der Waals surface area contributed by atoms with Crippen LogP contribution in [-0.2, 0) is 19.9 Å². The zero-order valence-electron chi connectivity index (χ0n) is 17.0. The van der Waals surface area contributed by atoms with Crippen LogP contribution in [0.25, 0.3) is 21.8 Å². The maximum atomic E-state index is 12.1. The number of nitrogens with zero attached hydrogens (tertiary/aromatic N) is 3. The van der Waals surface area contributed by atoms with Gasteiger partial charge in [-0.25, -0.2) is 19.2 Å². The highest BCUT2D eigenvalue weighted by atomic mass is 35.5. The zero-order chi connectivity index (χ0) is 22.1. The van der Waals surface area contributed by atoms with Crippen molar-refractivity contribution >= 4 is 55.8 Å². The van der Waals surface area contributed by atoms with Crippen LogP contribution in [-0.4, -0.2) is 37.7 Å². The maximum Gasteiger partial charge on any atom is 0.222 e. The van der Waals surface area contributed by atoms with Gasteiger partial charge in [-0.1, -0.05) is 44.5 Å². The largest absolute Gasteiger partial charge is 0.357 e. The van der Waals surface area contributed by atoms with Crippen molar-refractivity contribution < 1.29 is 9.00 Å². The van der Waals surface area contributed by atoms with Crippen LogP contribution >= 0.6 is 22.9 Å². The maximum absolute atomic E-state index is 12.1. The number of halogens is 1. The molecule has 0 bridgehead atoms. The monoisotopic (exact) mass is 463 g/mol. The van der Waals surface area contributed by atoms with E-state index in [1.54, 1.807) is 25.4 Å². The van der Waals surface area contributed by atoms with E-state index in [0.29, 0.717) is 33.6 Å². The Labute approximate surface area is 185 Å². The first-order chi connectivity index (χ1) is 14.1. The van der Waals surface area contributed by atoms with E-state index in [4.69, 9.17) is 16.6 Å². The highest BCUT2D eigenvalue weighted by molar-refractivity contribution is 8.13. The molecule has 0 aliphatic heterocycles. The summed E-state index contributed by atoms with van der Waals surface area (Å²) in [5.74, 6) is 3.89. The van der Waals surface area contributed by atoms with Gasteiger partial charge in [-0.05, 0) is 18.0 Å². The fraction of sp³-hybridized carbons (Fsp3) is 0.250. The predicted molar refractivity (Wildman–Crippen MR) is 127 cm³/mol. The highest BCUT2D eigenvalue weighted by Crippen LogP contribution is 2.43. The van der Waals surface area contributed by atoms with Crippen LogP contribution in [0.2, 0.25) is 5.02 Å². The average molecular weight is 464 g/mol. The molecule has 0 aliphatic rings. The Bertz CT molecular complexity index is 1200. The van der Waals surface area contributed by atoms with Crippen LogP contribution < -0.4 is 10.0 Å². The smallest absolute Gasteiger partial charge is 0.222 e. The Morgan fingerprint density at radius 1 is 1.23 bits per heavy atom. The molecule has 2 heterocycles. The van der Waals surface area contributed by atoms with E-state index in [2.05, 4.69) is 46.6 Å². The summed E-state index contributed by atoms with van der Waals surface area (Å²) in [5.41, 5.74) is 2.44. The SMILES string of the molecule is C=S(=O)(C=O)Nc1cccc(-c2nc(C(C)(C)C)sc2-c2ccnc(NC)n2)c1Cl. The number of hydrogen-bond donors (Lipinski definition) is 2. The van der Waals surface area contributed by atoms with Crippen molar-refractivity contribution in [1.29, 1.82) is 0 Å². The molecule has 0 aliphatic carbocycles. The van der Waals surface area contributed by atoms with Crippen LogP contribution in [0.1, 0.15) is 25.8 Å². The van der Waals surface area contributed by atoms with Crippen molar-refractivity contribution in [3.63, 3.8) is 0 Å². The molecular weight excluding hydrogens is 442 g/mol. The number of rotatable bonds is 6. The molecule has 3 aromatic rings. The second kappa shape index (κ2) is 8.33. The van der Waals surface area contributed by atoms with E-state index in [1.165, 1.54) is 11.3 Å². The molecule has 0 saturated carbocycles. The van der Waals surface area contributed by atoms with Gasteiger partial charge >= 0.3 is 0 Å². The number of aromatic nitrogens is 3. The predicted octanol–water partition coefficient (Wildman–Crippen LogP) is 4.49. The van der Waals surface area contributed by atoms with Crippen molar-refractivity contribution in [2.45, 2.75) is 26.2 Å². The summed E-state index contributed by atoms with van der Waals surface area (Å²) in [4.78, 5) is 25.5. The van der Waals surface area contributed by atoms with Crippen molar-refractivity contribution in [2.24, 2.45) is 0 Å². The number of carbonyl (C=O) groups is 1. The molecular formula is C20H22ClN5O2S2. The second-order valence-corrected chi connectivity index (χ2v) is 10.8. The molecule has 2 N–H and O–H groups in total. The van der Waals surface area contributed by atoms with Gasteiger partial charge in [-0.15, -0.1) is 11.3 Å². The lowest BCUT2D eigenvalue weighted by molar-refractivity contribution is 0.567. The van der Waals surface area contributed by atoms with Gasteiger partial charge in [0.15, 0.2) is 0 Å². The lowest BCUT2D eigenvalue weighted by Crippen LogP contribution is -2.13. The summed E-state index contributed by atoms with van der Waals surface area (Å²) in [5, 5.41) is 4.15. The summed E-state index contributed by atoms with van der Waals surface area (Å²) in [6.07, 6.45) is 1.68. The summed E-state index contributed by atoms with van der Waals surface area (Å²) in [6, 6.07) is 7.03. The number of anilines is 2. The standard InChI is InChI=1S/C20H22ClN5O2S2/c1-20(2,3)18-25-16(17(29-18)14-9-10-23-19(22-4)24-14)12-7-6-8-13(15(12)21)26-30(5,28)11-27/h6-11H,5H2,1-4H3,(H,26,28)(H,22,23,24). The zero-order valence-corrected chi connectivity index (χ0v) is 19.4. The molecule has 0 fully saturated rings.